The first-order chi connectivity index (χ1) is 8.10. The number of aryl methyl sites for hydroxylation is 1. The van der Waals surface area contributed by atoms with Crippen LogP contribution in [0.3, 0.4) is 0 Å². The minimum atomic E-state index is -0.247. The lowest BCUT2D eigenvalue weighted by Crippen LogP contribution is -2.41. The summed E-state index contributed by atoms with van der Waals surface area (Å²) in [6, 6.07) is 3.62. The van der Waals surface area contributed by atoms with Crippen molar-refractivity contribution >= 4 is 11.7 Å². The van der Waals surface area contributed by atoms with Gasteiger partial charge in [-0.3, -0.25) is 4.79 Å². The molecule has 17 heavy (non-hydrogen) atoms. The minimum Gasteiger partial charge on any atom is -0.358 e. The largest absolute Gasteiger partial charge is 0.358 e. The van der Waals surface area contributed by atoms with Gasteiger partial charge in [-0.15, -0.1) is 0 Å². The van der Waals surface area contributed by atoms with Gasteiger partial charge in [0.05, 0.1) is 0 Å². The highest BCUT2D eigenvalue weighted by molar-refractivity contribution is 5.84. The molecule has 0 aliphatic carbocycles. The second-order valence-electron chi connectivity index (χ2n) is 4.05. The zero-order valence-electron chi connectivity index (χ0n) is 11.0. The van der Waals surface area contributed by atoms with E-state index in [1.54, 1.807) is 6.20 Å². The molecule has 1 aromatic rings. The lowest BCUT2D eigenvalue weighted by atomic mass is 10.2. The summed E-state index contributed by atoms with van der Waals surface area (Å²) in [5, 5.41) is 3.16. The number of likely N-dealkylation sites (N-methyl/N-ethyl adjacent to an activating group) is 1. The molecule has 1 amide bonds. The molecule has 1 N–H and O–H groups in total. The first-order valence-electron chi connectivity index (χ1n) is 6.07. The maximum Gasteiger partial charge on any atom is 0.244 e. The predicted octanol–water partition coefficient (Wildman–Crippen LogP) is 2.06. The number of rotatable bonds is 5. The van der Waals surface area contributed by atoms with E-state index in [0.717, 1.165) is 24.5 Å². The van der Waals surface area contributed by atoms with Crippen molar-refractivity contribution in [1.82, 2.24) is 9.88 Å². The number of aromatic nitrogens is 1. The van der Waals surface area contributed by atoms with Gasteiger partial charge in [-0.1, -0.05) is 6.07 Å². The van der Waals surface area contributed by atoms with Crippen molar-refractivity contribution < 1.29 is 4.79 Å². The SMILES string of the molecule is CCN(CC)C(=O)C(C)Nc1ncccc1C. The zero-order valence-corrected chi connectivity index (χ0v) is 11.0. The predicted molar refractivity (Wildman–Crippen MR) is 70.0 cm³/mol. The fraction of sp³-hybridized carbons (Fsp3) is 0.538. The molecule has 1 rings (SSSR count). The van der Waals surface area contributed by atoms with Gasteiger partial charge in [-0.25, -0.2) is 4.98 Å². The first-order valence-corrected chi connectivity index (χ1v) is 6.07. The Hall–Kier alpha value is -1.58. The second-order valence-corrected chi connectivity index (χ2v) is 4.05. The van der Waals surface area contributed by atoms with Gasteiger partial charge in [0.1, 0.15) is 11.9 Å². The van der Waals surface area contributed by atoms with Gasteiger partial charge < -0.3 is 10.2 Å². The molecule has 0 saturated carbocycles. The van der Waals surface area contributed by atoms with E-state index < -0.39 is 0 Å². The molecular weight excluding hydrogens is 214 g/mol. The Balaban J connectivity index is 2.69. The number of amides is 1. The number of carbonyl (C=O) groups is 1. The molecule has 0 saturated heterocycles. The van der Waals surface area contributed by atoms with Crippen molar-refractivity contribution in [2.75, 3.05) is 18.4 Å². The molecule has 1 unspecified atom stereocenters. The fourth-order valence-corrected chi connectivity index (χ4v) is 1.71. The zero-order chi connectivity index (χ0) is 12.8. The summed E-state index contributed by atoms with van der Waals surface area (Å²) in [7, 11) is 0. The van der Waals surface area contributed by atoms with Gasteiger partial charge in [0, 0.05) is 19.3 Å². The average molecular weight is 235 g/mol. The molecule has 0 radical (unpaired) electrons. The Morgan fingerprint density at radius 2 is 2.12 bits per heavy atom. The van der Waals surface area contributed by atoms with Crippen molar-refractivity contribution in [3.63, 3.8) is 0 Å². The Bertz CT molecular complexity index is 375. The Morgan fingerprint density at radius 1 is 1.47 bits per heavy atom. The van der Waals surface area contributed by atoms with Gasteiger partial charge in [0.15, 0.2) is 0 Å². The normalized spacial score (nSPS) is 12.0. The lowest BCUT2D eigenvalue weighted by molar-refractivity contribution is -0.131. The van der Waals surface area contributed by atoms with E-state index in [1.807, 2.05) is 44.7 Å². The maximum atomic E-state index is 12.1. The molecule has 4 nitrogen and oxygen atoms in total. The topological polar surface area (TPSA) is 45.2 Å². The third-order valence-corrected chi connectivity index (χ3v) is 2.81. The van der Waals surface area contributed by atoms with Crippen LogP contribution in [0.4, 0.5) is 5.82 Å². The molecule has 1 aromatic heterocycles. The molecule has 1 atom stereocenters. The van der Waals surface area contributed by atoms with Gasteiger partial charge in [-0.2, -0.15) is 0 Å². The molecule has 0 aromatic carbocycles. The van der Waals surface area contributed by atoms with Crippen molar-refractivity contribution in [3.8, 4) is 0 Å². The average Bonchev–Trinajstić information content (AvgIpc) is 2.33. The van der Waals surface area contributed by atoms with Crippen molar-refractivity contribution in [3.05, 3.63) is 23.9 Å². The number of nitrogens with zero attached hydrogens (tertiary/aromatic N) is 2. The number of hydrogen-bond acceptors (Lipinski definition) is 3. The Labute approximate surface area is 103 Å². The summed E-state index contributed by atoms with van der Waals surface area (Å²) >= 11 is 0. The van der Waals surface area contributed by atoms with Crippen LogP contribution in [0.25, 0.3) is 0 Å². The molecule has 1 heterocycles. The summed E-state index contributed by atoms with van der Waals surface area (Å²) in [6.07, 6.45) is 1.73. The molecule has 0 spiro atoms. The molecule has 0 fully saturated rings. The van der Waals surface area contributed by atoms with Gasteiger partial charge in [-0.05, 0) is 39.3 Å². The molecule has 0 aliphatic rings. The highest BCUT2D eigenvalue weighted by atomic mass is 16.2. The molecular formula is C13H21N3O. The van der Waals surface area contributed by atoms with Crippen LogP contribution in [0.15, 0.2) is 18.3 Å². The van der Waals surface area contributed by atoms with Crippen LogP contribution in [0, 0.1) is 6.92 Å². The second kappa shape index (κ2) is 6.23. The van der Waals surface area contributed by atoms with Crippen LogP contribution >= 0.6 is 0 Å². The Kier molecular flexibility index (Phi) is 4.94. The number of carbonyl (C=O) groups excluding carboxylic acids is 1. The van der Waals surface area contributed by atoms with Gasteiger partial charge >= 0.3 is 0 Å². The third kappa shape index (κ3) is 3.44. The monoisotopic (exact) mass is 235 g/mol. The van der Waals surface area contributed by atoms with E-state index in [2.05, 4.69) is 10.3 Å². The maximum absolute atomic E-state index is 12.1. The van der Waals surface area contributed by atoms with Crippen LogP contribution in [0.2, 0.25) is 0 Å². The summed E-state index contributed by atoms with van der Waals surface area (Å²) in [4.78, 5) is 18.1. The van der Waals surface area contributed by atoms with E-state index in [-0.39, 0.29) is 11.9 Å². The first kappa shape index (κ1) is 13.5. The van der Waals surface area contributed by atoms with E-state index in [9.17, 15) is 4.79 Å². The summed E-state index contributed by atoms with van der Waals surface area (Å²) < 4.78 is 0. The van der Waals surface area contributed by atoms with Gasteiger partial charge in [0.2, 0.25) is 5.91 Å². The number of anilines is 1. The van der Waals surface area contributed by atoms with Crippen LogP contribution in [-0.2, 0) is 4.79 Å². The summed E-state index contributed by atoms with van der Waals surface area (Å²) in [6.45, 7) is 9.30. The quantitative estimate of drug-likeness (QED) is 0.849. The third-order valence-electron chi connectivity index (χ3n) is 2.81. The van der Waals surface area contributed by atoms with Crippen molar-refractivity contribution in [1.29, 1.82) is 0 Å². The van der Waals surface area contributed by atoms with E-state index in [0.29, 0.717) is 0 Å². The van der Waals surface area contributed by atoms with Crippen molar-refractivity contribution in [2.45, 2.75) is 33.7 Å². The molecule has 94 valence electrons. The number of pyridine rings is 1. The van der Waals surface area contributed by atoms with Crippen LogP contribution in [0.5, 0.6) is 0 Å². The Morgan fingerprint density at radius 3 is 2.65 bits per heavy atom. The summed E-state index contributed by atoms with van der Waals surface area (Å²) in [5.74, 6) is 0.889. The molecule has 0 aliphatic heterocycles. The smallest absolute Gasteiger partial charge is 0.244 e. The highest BCUT2D eigenvalue weighted by Gasteiger charge is 2.18. The molecule has 4 heteroatoms. The van der Waals surface area contributed by atoms with Gasteiger partial charge in [0.25, 0.3) is 0 Å². The van der Waals surface area contributed by atoms with E-state index in [4.69, 9.17) is 0 Å². The number of hydrogen-bond donors (Lipinski definition) is 1. The van der Waals surface area contributed by atoms with Crippen molar-refractivity contribution in [2.24, 2.45) is 0 Å². The number of nitrogens with one attached hydrogen (secondary N) is 1. The fourth-order valence-electron chi connectivity index (χ4n) is 1.71. The summed E-state index contributed by atoms with van der Waals surface area (Å²) in [5.41, 5.74) is 1.05. The van der Waals surface area contributed by atoms with E-state index in [1.165, 1.54) is 0 Å². The van der Waals surface area contributed by atoms with Crippen LogP contribution in [-0.4, -0.2) is 34.9 Å². The standard InChI is InChI=1S/C13H21N3O/c1-5-16(6-2)13(17)11(4)15-12-10(3)8-7-9-14-12/h7-9,11H,5-6H2,1-4H3,(H,14,15). The minimum absolute atomic E-state index is 0.111. The van der Waals surface area contributed by atoms with Crippen LogP contribution < -0.4 is 5.32 Å². The molecule has 0 bridgehead atoms. The highest BCUT2D eigenvalue weighted by Crippen LogP contribution is 2.11. The lowest BCUT2D eigenvalue weighted by Gasteiger charge is -2.24. The van der Waals surface area contributed by atoms with E-state index >= 15 is 0 Å². The van der Waals surface area contributed by atoms with Crippen LogP contribution in [0.1, 0.15) is 26.3 Å².